The smallest absolute Gasteiger partial charge is 0.326 e. The molecule has 1 heterocycles. The molecular formula is C13H21NO3. The van der Waals surface area contributed by atoms with E-state index in [1.54, 1.807) is 4.90 Å². The molecule has 0 aromatic carbocycles. The Kier molecular flexibility index (Phi) is 4.02. The van der Waals surface area contributed by atoms with E-state index >= 15 is 0 Å². The van der Waals surface area contributed by atoms with Gasteiger partial charge in [0.05, 0.1) is 0 Å². The van der Waals surface area contributed by atoms with Gasteiger partial charge in [0, 0.05) is 12.5 Å². The maximum Gasteiger partial charge on any atom is 0.326 e. The monoisotopic (exact) mass is 239 g/mol. The van der Waals surface area contributed by atoms with Crippen molar-refractivity contribution in [1.82, 2.24) is 4.90 Å². The standard InChI is InChI=1S/C13H21NO3/c15-12(10-6-3-1-2-4-7-10)14-9-5-8-11(14)13(16)17/h10-11H,1-9H2,(H,16,17)/t11-/m0/s1. The van der Waals surface area contributed by atoms with E-state index in [1.807, 2.05) is 0 Å². The van der Waals surface area contributed by atoms with Crippen LogP contribution in [0, 0.1) is 5.92 Å². The second-order valence-electron chi connectivity index (χ2n) is 5.22. The molecule has 1 amide bonds. The van der Waals surface area contributed by atoms with E-state index in [2.05, 4.69) is 0 Å². The minimum absolute atomic E-state index is 0.0810. The van der Waals surface area contributed by atoms with Gasteiger partial charge in [0.25, 0.3) is 0 Å². The molecule has 0 radical (unpaired) electrons. The number of carboxylic acid groups (broad SMARTS) is 1. The zero-order valence-electron chi connectivity index (χ0n) is 10.2. The predicted octanol–water partition coefficient (Wildman–Crippen LogP) is 2.03. The Morgan fingerprint density at radius 2 is 1.59 bits per heavy atom. The molecule has 1 aliphatic carbocycles. The van der Waals surface area contributed by atoms with Crippen molar-refractivity contribution >= 4 is 11.9 Å². The van der Waals surface area contributed by atoms with Crippen LogP contribution >= 0.6 is 0 Å². The highest BCUT2D eigenvalue weighted by Gasteiger charge is 2.36. The quantitative estimate of drug-likeness (QED) is 0.750. The Bertz CT molecular complexity index is 295. The highest BCUT2D eigenvalue weighted by Crippen LogP contribution is 2.28. The van der Waals surface area contributed by atoms with Crippen molar-refractivity contribution in [2.24, 2.45) is 5.92 Å². The van der Waals surface area contributed by atoms with Crippen LogP contribution in [0.5, 0.6) is 0 Å². The molecule has 0 bridgehead atoms. The first kappa shape index (κ1) is 12.4. The average molecular weight is 239 g/mol. The van der Waals surface area contributed by atoms with Gasteiger partial charge in [-0.2, -0.15) is 0 Å². The maximum atomic E-state index is 12.3. The Balaban J connectivity index is 2.00. The number of likely N-dealkylation sites (tertiary alicyclic amines) is 1. The fourth-order valence-corrected chi connectivity index (χ4v) is 3.05. The van der Waals surface area contributed by atoms with Gasteiger partial charge in [-0.05, 0) is 25.7 Å². The van der Waals surface area contributed by atoms with Crippen LogP contribution in [-0.2, 0) is 9.59 Å². The molecule has 0 unspecified atom stereocenters. The van der Waals surface area contributed by atoms with E-state index in [-0.39, 0.29) is 11.8 Å². The van der Waals surface area contributed by atoms with Crippen LogP contribution in [0.2, 0.25) is 0 Å². The van der Waals surface area contributed by atoms with Crippen LogP contribution in [0.3, 0.4) is 0 Å². The van der Waals surface area contributed by atoms with Gasteiger partial charge < -0.3 is 10.0 Å². The number of carbonyl (C=O) groups excluding carboxylic acids is 1. The number of nitrogens with zero attached hydrogens (tertiary/aromatic N) is 1. The lowest BCUT2D eigenvalue weighted by Crippen LogP contribution is -2.43. The summed E-state index contributed by atoms with van der Waals surface area (Å²) in [6.07, 6.45) is 7.99. The molecule has 4 nitrogen and oxygen atoms in total. The van der Waals surface area contributed by atoms with E-state index in [1.165, 1.54) is 12.8 Å². The normalized spacial score (nSPS) is 26.8. The van der Waals surface area contributed by atoms with Crippen LogP contribution in [0.25, 0.3) is 0 Å². The summed E-state index contributed by atoms with van der Waals surface area (Å²) in [5.41, 5.74) is 0. The molecule has 2 rings (SSSR count). The summed E-state index contributed by atoms with van der Waals surface area (Å²) in [7, 11) is 0. The van der Waals surface area contributed by atoms with Gasteiger partial charge >= 0.3 is 5.97 Å². The van der Waals surface area contributed by atoms with E-state index in [9.17, 15) is 9.59 Å². The third-order valence-electron chi connectivity index (χ3n) is 4.03. The van der Waals surface area contributed by atoms with Crippen molar-refractivity contribution in [3.05, 3.63) is 0 Å². The molecule has 1 saturated heterocycles. The zero-order chi connectivity index (χ0) is 12.3. The highest BCUT2D eigenvalue weighted by atomic mass is 16.4. The molecule has 1 N–H and O–H groups in total. The third-order valence-corrected chi connectivity index (χ3v) is 4.03. The van der Waals surface area contributed by atoms with Crippen molar-refractivity contribution in [2.75, 3.05) is 6.54 Å². The summed E-state index contributed by atoms with van der Waals surface area (Å²) in [5.74, 6) is -0.668. The van der Waals surface area contributed by atoms with Gasteiger partial charge in [-0.3, -0.25) is 4.79 Å². The lowest BCUT2D eigenvalue weighted by atomic mass is 9.98. The Morgan fingerprint density at radius 1 is 0.941 bits per heavy atom. The fourth-order valence-electron chi connectivity index (χ4n) is 3.05. The summed E-state index contributed by atoms with van der Waals surface area (Å²) >= 11 is 0. The molecule has 0 aromatic heterocycles. The minimum atomic E-state index is -0.843. The van der Waals surface area contributed by atoms with Crippen molar-refractivity contribution in [2.45, 2.75) is 57.4 Å². The number of amides is 1. The topological polar surface area (TPSA) is 57.6 Å². The van der Waals surface area contributed by atoms with E-state index in [4.69, 9.17) is 5.11 Å². The Labute approximate surface area is 102 Å². The summed E-state index contributed by atoms with van der Waals surface area (Å²) in [4.78, 5) is 25.0. The summed E-state index contributed by atoms with van der Waals surface area (Å²) in [6.45, 7) is 0.631. The molecule has 4 heteroatoms. The molecule has 1 saturated carbocycles. The summed E-state index contributed by atoms with van der Waals surface area (Å²) < 4.78 is 0. The number of hydrogen-bond acceptors (Lipinski definition) is 2. The first-order valence-corrected chi connectivity index (χ1v) is 6.73. The average Bonchev–Trinajstić information content (AvgIpc) is 2.64. The highest BCUT2D eigenvalue weighted by molar-refractivity contribution is 5.85. The summed E-state index contributed by atoms with van der Waals surface area (Å²) in [6, 6.07) is -0.564. The number of carboxylic acids is 1. The van der Waals surface area contributed by atoms with Crippen LogP contribution in [0.15, 0.2) is 0 Å². The lowest BCUT2D eigenvalue weighted by molar-refractivity contribution is -0.150. The van der Waals surface area contributed by atoms with Gasteiger partial charge in [-0.25, -0.2) is 4.79 Å². The van der Waals surface area contributed by atoms with Gasteiger partial charge in [0.15, 0.2) is 0 Å². The number of aliphatic carboxylic acids is 1. The Hall–Kier alpha value is -1.06. The van der Waals surface area contributed by atoms with Crippen LogP contribution < -0.4 is 0 Å². The fraction of sp³-hybridized carbons (Fsp3) is 0.846. The van der Waals surface area contributed by atoms with Crippen molar-refractivity contribution in [1.29, 1.82) is 0 Å². The number of carbonyl (C=O) groups is 2. The van der Waals surface area contributed by atoms with E-state index in [0.29, 0.717) is 13.0 Å². The van der Waals surface area contributed by atoms with Crippen molar-refractivity contribution in [3.63, 3.8) is 0 Å². The first-order valence-electron chi connectivity index (χ1n) is 6.73. The molecule has 0 aromatic rings. The van der Waals surface area contributed by atoms with E-state index < -0.39 is 12.0 Å². The van der Waals surface area contributed by atoms with Crippen LogP contribution in [0.4, 0.5) is 0 Å². The maximum absolute atomic E-state index is 12.3. The second-order valence-corrected chi connectivity index (χ2v) is 5.22. The summed E-state index contributed by atoms with van der Waals surface area (Å²) in [5, 5.41) is 9.09. The van der Waals surface area contributed by atoms with E-state index in [0.717, 1.165) is 32.1 Å². The molecule has 1 aliphatic heterocycles. The molecule has 17 heavy (non-hydrogen) atoms. The van der Waals surface area contributed by atoms with Gasteiger partial charge in [-0.1, -0.05) is 25.7 Å². The van der Waals surface area contributed by atoms with Gasteiger partial charge in [0.2, 0.25) is 5.91 Å². The number of hydrogen-bond donors (Lipinski definition) is 1. The molecular weight excluding hydrogens is 218 g/mol. The predicted molar refractivity (Wildman–Crippen MR) is 63.6 cm³/mol. The zero-order valence-corrected chi connectivity index (χ0v) is 10.2. The first-order chi connectivity index (χ1) is 8.20. The molecule has 2 fully saturated rings. The SMILES string of the molecule is O=C(O)[C@@H]1CCCN1C(=O)C1CCCCCC1. The van der Waals surface area contributed by atoms with Crippen LogP contribution in [-0.4, -0.2) is 34.5 Å². The van der Waals surface area contributed by atoms with Gasteiger partial charge in [-0.15, -0.1) is 0 Å². The van der Waals surface area contributed by atoms with Crippen LogP contribution in [0.1, 0.15) is 51.4 Å². The Morgan fingerprint density at radius 3 is 2.18 bits per heavy atom. The minimum Gasteiger partial charge on any atom is -0.480 e. The third kappa shape index (κ3) is 2.79. The lowest BCUT2D eigenvalue weighted by Gasteiger charge is -2.26. The molecule has 96 valence electrons. The molecule has 0 spiro atoms. The van der Waals surface area contributed by atoms with Crippen molar-refractivity contribution in [3.8, 4) is 0 Å². The largest absolute Gasteiger partial charge is 0.480 e. The molecule has 2 aliphatic rings. The van der Waals surface area contributed by atoms with Gasteiger partial charge in [0.1, 0.15) is 6.04 Å². The second kappa shape index (κ2) is 5.52. The van der Waals surface area contributed by atoms with Crippen molar-refractivity contribution < 1.29 is 14.7 Å². The molecule has 1 atom stereocenters. The number of rotatable bonds is 2.